The molecule has 1 saturated heterocycles. The van der Waals surface area contributed by atoms with Crippen molar-refractivity contribution in [2.45, 2.75) is 32.9 Å². The molecular weight excluding hydrogens is 433 g/mol. The van der Waals surface area contributed by atoms with E-state index in [2.05, 4.69) is 10.2 Å². The maximum Gasteiger partial charge on any atom is 0.226 e. The molecule has 5 nitrogen and oxygen atoms in total. The summed E-state index contributed by atoms with van der Waals surface area (Å²) >= 11 is 12.2. The smallest absolute Gasteiger partial charge is 0.226 e. The van der Waals surface area contributed by atoms with Gasteiger partial charge < -0.3 is 9.73 Å². The van der Waals surface area contributed by atoms with Gasteiger partial charge in [0, 0.05) is 35.2 Å². The molecule has 1 aliphatic heterocycles. The molecule has 1 atom stereocenters. The van der Waals surface area contributed by atoms with E-state index in [9.17, 15) is 4.79 Å². The van der Waals surface area contributed by atoms with Gasteiger partial charge in [-0.25, -0.2) is 4.98 Å². The molecule has 1 aliphatic rings. The van der Waals surface area contributed by atoms with Crippen LogP contribution >= 0.6 is 23.2 Å². The molecule has 3 aromatic rings. The molecule has 1 amide bonds. The third-order valence-corrected chi connectivity index (χ3v) is 6.27. The summed E-state index contributed by atoms with van der Waals surface area (Å²) < 4.78 is 5.88. The van der Waals surface area contributed by atoms with Crippen molar-refractivity contribution < 1.29 is 9.21 Å². The highest BCUT2D eigenvalue weighted by molar-refractivity contribution is 6.31. The van der Waals surface area contributed by atoms with Gasteiger partial charge in [0.05, 0.1) is 11.6 Å². The molecular formula is C24H25Cl2N3O2. The summed E-state index contributed by atoms with van der Waals surface area (Å²) in [6, 6.07) is 15.0. The molecule has 0 radical (unpaired) electrons. The Morgan fingerprint density at radius 2 is 1.97 bits per heavy atom. The molecule has 7 heteroatoms. The van der Waals surface area contributed by atoms with E-state index in [0.717, 1.165) is 42.0 Å². The molecule has 162 valence electrons. The van der Waals surface area contributed by atoms with E-state index in [0.29, 0.717) is 35.6 Å². The maximum absolute atomic E-state index is 12.7. The highest BCUT2D eigenvalue weighted by atomic mass is 35.5. The second-order valence-electron chi connectivity index (χ2n) is 7.91. The molecule has 0 aliphatic carbocycles. The number of benzene rings is 2. The Hall–Kier alpha value is -2.34. The Kier molecular flexibility index (Phi) is 6.96. The fourth-order valence-electron chi connectivity index (χ4n) is 3.88. The molecule has 31 heavy (non-hydrogen) atoms. The normalized spacial score (nSPS) is 16.9. The van der Waals surface area contributed by atoms with Crippen LogP contribution in [0.15, 0.2) is 52.9 Å². The Balaban J connectivity index is 1.36. The standard InChI is InChI=1S/C24H25Cl2N3O2/c1-16-22(28-24(31-16)17-8-10-20(25)11-9-17)15-29-12-4-6-19(14-29)23(30)27-13-18-5-2-3-7-21(18)26/h2-3,5,7-11,19H,4,6,12-15H2,1H3,(H,27,30)/t19-/m1/s1. The van der Waals surface area contributed by atoms with Crippen LogP contribution in [0.3, 0.4) is 0 Å². The Bertz CT molecular complexity index is 1050. The quantitative estimate of drug-likeness (QED) is 0.531. The lowest BCUT2D eigenvalue weighted by Gasteiger charge is -2.31. The Labute approximate surface area is 192 Å². The molecule has 0 saturated carbocycles. The van der Waals surface area contributed by atoms with Crippen LogP contribution in [0, 0.1) is 12.8 Å². The zero-order chi connectivity index (χ0) is 21.8. The summed E-state index contributed by atoms with van der Waals surface area (Å²) in [6.45, 7) is 4.69. The van der Waals surface area contributed by atoms with Gasteiger partial charge in [-0.1, -0.05) is 41.4 Å². The number of carbonyl (C=O) groups excluding carboxylic acids is 1. The number of nitrogens with zero attached hydrogens (tertiary/aromatic N) is 2. The number of halogens is 2. The van der Waals surface area contributed by atoms with Crippen LogP contribution in [0.25, 0.3) is 11.5 Å². The van der Waals surface area contributed by atoms with Crippen LogP contribution in [-0.4, -0.2) is 28.9 Å². The Morgan fingerprint density at radius 3 is 2.74 bits per heavy atom. The maximum atomic E-state index is 12.7. The molecule has 0 bridgehead atoms. The number of hydrogen-bond acceptors (Lipinski definition) is 4. The van der Waals surface area contributed by atoms with Crippen molar-refractivity contribution in [3.8, 4) is 11.5 Å². The van der Waals surface area contributed by atoms with Crippen molar-refractivity contribution in [1.29, 1.82) is 0 Å². The van der Waals surface area contributed by atoms with E-state index in [1.807, 2.05) is 55.5 Å². The summed E-state index contributed by atoms with van der Waals surface area (Å²) in [7, 11) is 0. The summed E-state index contributed by atoms with van der Waals surface area (Å²) in [5, 5.41) is 4.39. The number of hydrogen-bond donors (Lipinski definition) is 1. The summed E-state index contributed by atoms with van der Waals surface area (Å²) in [5.74, 6) is 1.42. The first kappa shape index (κ1) is 21.9. The number of carbonyl (C=O) groups is 1. The lowest BCUT2D eigenvalue weighted by Crippen LogP contribution is -2.42. The van der Waals surface area contributed by atoms with E-state index in [1.165, 1.54) is 0 Å². The first-order valence-corrected chi connectivity index (χ1v) is 11.2. The molecule has 1 fully saturated rings. The minimum Gasteiger partial charge on any atom is -0.441 e. The monoisotopic (exact) mass is 457 g/mol. The first-order valence-electron chi connectivity index (χ1n) is 10.5. The van der Waals surface area contributed by atoms with Gasteiger partial charge in [0.2, 0.25) is 11.8 Å². The van der Waals surface area contributed by atoms with Gasteiger partial charge in [-0.15, -0.1) is 0 Å². The highest BCUT2D eigenvalue weighted by Gasteiger charge is 2.27. The van der Waals surface area contributed by atoms with Gasteiger partial charge >= 0.3 is 0 Å². The van der Waals surface area contributed by atoms with Crippen molar-refractivity contribution >= 4 is 29.1 Å². The third kappa shape index (κ3) is 5.48. The highest BCUT2D eigenvalue weighted by Crippen LogP contribution is 2.26. The summed E-state index contributed by atoms with van der Waals surface area (Å²) in [5.41, 5.74) is 2.73. The van der Waals surface area contributed by atoms with Crippen molar-refractivity contribution in [2.75, 3.05) is 13.1 Å². The second-order valence-corrected chi connectivity index (χ2v) is 8.76. The fraction of sp³-hybridized carbons (Fsp3) is 0.333. The van der Waals surface area contributed by atoms with Crippen LogP contribution in [0.4, 0.5) is 0 Å². The average molecular weight is 458 g/mol. The Morgan fingerprint density at radius 1 is 1.19 bits per heavy atom. The summed E-state index contributed by atoms with van der Waals surface area (Å²) in [6.07, 6.45) is 1.86. The van der Waals surface area contributed by atoms with Crippen LogP contribution in [0.5, 0.6) is 0 Å². The van der Waals surface area contributed by atoms with Crippen LogP contribution < -0.4 is 5.32 Å². The SMILES string of the molecule is Cc1oc(-c2ccc(Cl)cc2)nc1CN1CCC[C@@H](C(=O)NCc2ccccc2Cl)C1. The number of rotatable bonds is 6. The zero-order valence-corrected chi connectivity index (χ0v) is 18.9. The number of nitrogens with one attached hydrogen (secondary N) is 1. The van der Waals surface area contributed by atoms with Crippen molar-refractivity contribution in [3.63, 3.8) is 0 Å². The number of amides is 1. The molecule has 1 N–H and O–H groups in total. The number of aryl methyl sites for hydroxylation is 1. The van der Waals surface area contributed by atoms with Crippen molar-refractivity contribution in [2.24, 2.45) is 5.92 Å². The van der Waals surface area contributed by atoms with Crippen molar-refractivity contribution in [3.05, 3.63) is 75.6 Å². The van der Waals surface area contributed by atoms with E-state index < -0.39 is 0 Å². The van der Waals surface area contributed by atoms with E-state index in [1.54, 1.807) is 0 Å². The fourth-order valence-corrected chi connectivity index (χ4v) is 4.21. The van der Waals surface area contributed by atoms with Gasteiger partial charge in [0.15, 0.2) is 0 Å². The number of oxazole rings is 1. The van der Waals surface area contributed by atoms with Crippen molar-refractivity contribution in [1.82, 2.24) is 15.2 Å². The minimum atomic E-state index is -0.0424. The van der Waals surface area contributed by atoms with Gasteiger partial charge in [-0.3, -0.25) is 9.69 Å². The number of aromatic nitrogens is 1. The predicted octanol–water partition coefficient (Wildman–Crippen LogP) is 5.49. The molecule has 0 unspecified atom stereocenters. The van der Waals surface area contributed by atoms with Gasteiger partial charge in [-0.2, -0.15) is 0 Å². The third-order valence-electron chi connectivity index (χ3n) is 5.64. The van der Waals surface area contributed by atoms with Crippen LogP contribution in [-0.2, 0) is 17.9 Å². The number of piperidine rings is 1. The van der Waals surface area contributed by atoms with Crippen LogP contribution in [0.2, 0.25) is 10.0 Å². The summed E-state index contributed by atoms with van der Waals surface area (Å²) in [4.78, 5) is 19.7. The molecule has 2 aromatic carbocycles. The van der Waals surface area contributed by atoms with Gasteiger partial charge in [0.1, 0.15) is 5.76 Å². The predicted molar refractivity (Wildman–Crippen MR) is 123 cm³/mol. The van der Waals surface area contributed by atoms with Gasteiger partial charge in [0.25, 0.3) is 0 Å². The van der Waals surface area contributed by atoms with E-state index >= 15 is 0 Å². The van der Waals surface area contributed by atoms with Gasteiger partial charge in [-0.05, 0) is 62.2 Å². The molecule has 0 spiro atoms. The molecule has 4 rings (SSSR count). The zero-order valence-electron chi connectivity index (χ0n) is 17.4. The second kappa shape index (κ2) is 9.86. The molecule has 1 aromatic heterocycles. The minimum absolute atomic E-state index is 0.0424. The van der Waals surface area contributed by atoms with E-state index in [-0.39, 0.29) is 11.8 Å². The molecule has 2 heterocycles. The average Bonchev–Trinajstić information content (AvgIpc) is 3.13. The lowest BCUT2D eigenvalue weighted by molar-refractivity contribution is -0.127. The lowest BCUT2D eigenvalue weighted by atomic mass is 9.97. The van der Waals surface area contributed by atoms with Crippen LogP contribution in [0.1, 0.15) is 29.9 Å². The first-order chi connectivity index (χ1) is 15.0. The van der Waals surface area contributed by atoms with E-state index in [4.69, 9.17) is 32.6 Å². The largest absolute Gasteiger partial charge is 0.441 e. The topological polar surface area (TPSA) is 58.4 Å². The number of likely N-dealkylation sites (tertiary alicyclic amines) is 1.